The van der Waals surface area contributed by atoms with E-state index in [4.69, 9.17) is 16.6 Å². The molecule has 0 aliphatic heterocycles. The summed E-state index contributed by atoms with van der Waals surface area (Å²) in [5, 5.41) is 37.2. The zero-order valence-corrected chi connectivity index (χ0v) is 32.5. The molecule has 0 rings (SSSR count). The van der Waals surface area contributed by atoms with E-state index in [0.717, 1.165) is 0 Å². The number of aliphatic hydroxyl groups excluding tert-OH is 1. The number of primary amides is 1. The molecule has 23 heteroatoms. The van der Waals surface area contributed by atoms with Crippen LogP contribution in [0.1, 0.15) is 60.3 Å². The first-order valence-electron chi connectivity index (χ1n) is 17.5. The van der Waals surface area contributed by atoms with E-state index < -0.39 is 122 Å². The summed E-state index contributed by atoms with van der Waals surface area (Å²) >= 11 is 3.84. The molecule has 0 bridgehead atoms. The van der Waals surface area contributed by atoms with E-state index in [9.17, 15) is 53.1 Å². The molecule has 0 saturated carbocycles. The highest BCUT2D eigenvalue weighted by molar-refractivity contribution is 7.80. The number of thiol groups is 1. The summed E-state index contributed by atoms with van der Waals surface area (Å²) in [6.45, 7) is 5.63. The molecule has 0 heterocycles. The number of carboxylic acids is 1. The molecule has 0 saturated heterocycles. The topological polar surface area (TPSA) is 359 Å². The second-order valence-electron chi connectivity index (χ2n) is 13.1. The second kappa shape index (κ2) is 25.9. The Morgan fingerprint density at radius 1 is 0.636 bits per heavy atom. The average Bonchev–Trinajstić information content (AvgIpc) is 3.12. The summed E-state index contributed by atoms with van der Waals surface area (Å²) in [5.74, 6) is -9.31. The van der Waals surface area contributed by atoms with Gasteiger partial charge in [0.1, 0.15) is 30.2 Å². The molecule has 9 amide bonds. The summed E-state index contributed by atoms with van der Waals surface area (Å²) < 4.78 is 0. The third-order valence-electron chi connectivity index (χ3n) is 7.90. The van der Waals surface area contributed by atoms with Crippen molar-refractivity contribution >= 4 is 71.8 Å². The number of hydrogen-bond acceptors (Lipinski definition) is 13. The molecule has 14 N–H and O–H groups in total. The van der Waals surface area contributed by atoms with Gasteiger partial charge in [-0.1, -0.05) is 34.1 Å². The number of rotatable bonds is 26. The predicted octanol–water partition coefficient (Wildman–Crippen LogP) is -5.53. The van der Waals surface area contributed by atoms with Gasteiger partial charge in [0.05, 0.1) is 32.3 Å². The number of aliphatic hydroxyl groups is 1. The van der Waals surface area contributed by atoms with Crippen LogP contribution in [0, 0.1) is 11.8 Å². The van der Waals surface area contributed by atoms with E-state index in [1.807, 2.05) is 6.92 Å². The normalized spacial score (nSPS) is 14.6. The number of nitrogens with one attached hydrogen (secondary N) is 8. The maximum absolute atomic E-state index is 13.1. The maximum Gasteiger partial charge on any atom is 0.327 e. The molecule has 55 heavy (non-hydrogen) atoms. The van der Waals surface area contributed by atoms with Crippen molar-refractivity contribution in [3.05, 3.63) is 0 Å². The largest absolute Gasteiger partial charge is 0.480 e. The highest BCUT2D eigenvalue weighted by Crippen LogP contribution is 2.06. The molecular weight excluding hydrogens is 748 g/mol. The third-order valence-corrected chi connectivity index (χ3v) is 8.27. The Balaban J connectivity index is 5.35. The Morgan fingerprint density at radius 3 is 1.56 bits per heavy atom. The molecule has 0 aromatic heterocycles. The molecule has 0 aliphatic rings. The lowest BCUT2D eigenvalue weighted by atomic mass is 9.99. The fourth-order valence-electron chi connectivity index (χ4n) is 4.43. The number of nitrogens with two attached hydrogens (primary N) is 2. The van der Waals surface area contributed by atoms with Crippen molar-refractivity contribution in [3.63, 3.8) is 0 Å². The van der Waals surface area contributed by atoms with E-state index in [0.29, 0.717) is 6.42 Å². The van der Waals surface area contributed by atoms with Gasteiger partial charge in [-0.2, -0.15) is 12.6 Å². The zero-order valence-electron chi connectivity index (χ0n) is 31.6. The van der Waals surface area contributed by atoms with Gasteiger partial charge in [0.25, 0.3) is 0 Å². The number of carbonyl (C=O) groups excluding carboxylic acids is 9. The molecule has 0 aromatic carbocycles. The molecule has 0 radical (unpaired) electrons. The van der Waals surface area contributed by atoms with Crippen molar-refractivity contribution in [3.8, 4) is 0 Å². The van der Waals surface area contributed by atoms with Gasteiger partial charge >= 0.3 is 5.97 Å². The van der Waals surface area contributed by atoms with Gasteiger partial charge in [-0.25, -0.2) is 4.79 Å². The van der Waals surface area contributed by atoms with E-state index >= 15 is 0 Å². The van der Waals surface area contributed by atoms with Crippen molar-refractivity contribution in [1.29, 1.82) is 0 Å². The molecule has 22 nitrogen and oxygen atoms in total. The van der Waals surface area contributed by atoms with Crippen LogP contribution in [0.15, 0.2) is 0 Å². The Hall–Kier alpha value is -5.03. The van der Waals surface area contributed by atoms with Crippen LogP contribution in [0.3, 0.4) is 0 Å². The van der Waals surface area contributed by atoms with Crippen LogP contribution < -0.4 is 54.0 Å². The first-order chi connectivity index (χ1) is 25.7. The summed E-state index contributed by atoms with van der Waals surface area (Å²) in [6.07, 6.45) is 0.0243. The Labute approximate surface area is 323 Å². The summed E-state index contributed by atoms with van der Waals surface area (Å²) in [5.41, 5.74) is 11.0. The molecular formula is C32H56N10O12S. The SMILES string of the molecule is CCC(C)C(N)C(=O)NCC(=O)NC(C)C(=O)NC(CCC(N)=O)C(=O)NC(CO)C(=O)NCC(=O)NC(CC(C)C)C(=O)NCC(=O)NC(CS)C(=O)O. The number of amides is 9. The van der Waals surface area contributed by atoms with E-state index in [1.165, 1.54) is 6.92 Å². The first kappa shape index (κ1) is 50.0. The maximum atomic E-state index is 13.1. The van der Waals surface area contributed by atoms with Gasteiger partial charge in [0, 0.05) is 12.2 Å². The fourth-order valence-corrected chi connectivity index (χ4v) is 4.68. The number of aliphatic carboxylic acids is 1. The van der Waals surface area contributed by atoms with Crippen LogP contribution in [-0.2, 0) is 47.9 Å². The van der Waals surface area contributed by atoms with E-state index in [2.05, 4.69) is 55.2 Å². The monoisotopic (exact) mass is 804 g/mol. The van der Waals surface area contributed by atoms with Crippen molar-refractivity contribution in [2.45, 2.75) is 96.6 Å². The lowest BCUT2D eigenvalue weighted by molar-refractivity contribution is -0.141. The molecule has 7 unspecified atom stereocenters. The number of carbonyl (C=O) groups is 10. The lowest BCUT2D eigenvalue weighted by Gasteiger charge is -2.24. The van der Waals surface area contributed by atoms with Crippen LogP contribution >= 0.6 is 12.6 Å². The Bertz CT molecular complexity index is 1380. The quantitative estimate of drug-likeness (QED) is 0.0364. The van der Waals surface area contributed by atoms with Crippen LogP contribution in [0.2, 0.25) is 0 Å². The number of hydrogen-bond donors (Lipinski definition) is 13. The summed E-state index contributed by atoms with van der Waals surface area (Å²) in [6, 6.07) is -7.68. The van der Waals surface area contributed by atoms with Crippen LogP contribution in [0.25, 0.3) is 0 Å². The third kappa shape index (κ3) is 20.3. The Morgan fingerprint density at radius 2 is 1.11 bits per heavy atom. The Kier molecular flexibility index (Phi) is 23.5. The minimum Gasteiger partial charge on any atom is -0.480 e. The minimum absolute atomic E-state index is 0.112. The summed E-state index contributed by atoms with van der Waals surface area (Å²) in [7, 11) is 0. The highest BCUT2D eigenvalue weighted by Gasteiger charge is 2.30. The highest BCUT2D eigenvalue weighted by atomic mass is 32.1. The second-order valence-corrected chi connectivity index (χ2v) is 13.4. The van der Waals surface area contributed by atoms with Gasteiger partial charge in [-0.3, -0.25) is 43.2 Å². The summed E-state index contributed by atoms with van der Waals surface area (Å²) in [4.78, 5) is 123. The van der Waals surface area contributed by atoms with Gasteiger partial charge in [-0.15, -0.1) is 0 Å². The van der Waals surface area contributed by atoms with Crippen LogP contribution in [0.4, 0.5) is 0 Å². The predicted molar refractivity (Wildman–Crippen MR) is 198 cm³/mol. The van der Waals surface area contributed by atoms with Gasteiger partial charge < -0.3 is 64.2 Å². The van der Waals surface area contributed by atoms with Gasteiger partial charge in [0.15, 0.2) is 0 Å². The zero-order chi connectivity index (χ0) is 42.4. The van der Waals surface area contributed by atoms with Crippen molar-refractivity contribution in [2.24, 2.45) is 23.3 Å². The minimum atomic E-state index is -1.66. The number of carboxylic acid groups (broad SMARTS) is 1. The van der Waals surface area contributed by atoms with Crippen molar-refractivity contribution in [1.82, 2.24) is 42.5 Å². The van der Waals surface area contributed by atoms with Gasteiger partial charge in [-0.05, 0) is 31.6 Å². The average molecular weight is 805 g/mol. The molecule has 0 aliphatic carbocycles. The lowest BCUT2D eigenvalue weighted by Crippen LogP contribution is -2.58. The first-order valence-corrected chi connectivity index (χ1v) is 18.1. The van der Waals surface area contributed by atoms with Crippen molar-refractivity contribution < 1.29 is 58.2 Å². The van der Waals surface area contributed by atoms with E-state index in [-0.39, 0.29) is 36.9 Å². The molecule has 0 aromatic rings. The molecule has 0 fully saturated rings. The smallest absolute Gasteiger partial charge is 0.327 e. The van der Waals surface area contributed by atoms with E-state index in [1.54, 1.807) is 20.8 Å². The molecule has 7 atom stereocenters. The standard InChI is InChI=1S/C32H56N10O12S/c1-6-16(4)26(34)31(52)37-10-23(45)38-17(5)27(48)41-18(7-8-22(33)44)30(51)42-20(13-43)29(50)36-11-24(46)39-19(9-15(2)3)28(49)35-12-25(47)40-21(14-55)32(53)54/h15-21,26,43,55H,6-14,34H2,1-5H3,(H2,33,44)(H,35,49)(H,36,50)(H,37,52)(H,38,45)(H,39,46)(H,40,47)(H,41,48)(H,42,51)(H,53,54). The van der Waals surface area contributed by atoms with Crippen molar-refractivity contribution in [2.75, 3.05) is 32.0 Å². The molecule has 312 valence electrons. The molecule has 0 spiro atoms. The fraction of sp³-hybridized carbons (Fsp3) is 0.688. The van der Waals surface area contributed by atoms with Crippen LogP contribution in [-0.4, -0.2) is 138 Å². The van der Waals surface area contributed by atoms with Gasteiger partial charge in [0.2, 0.25) is 53.2 Å². The van der Waals surface area contributed by atoms with Crippen LogP contribution in [0.5, 0.6) is 0 Å².